The van der Waals surface area contributed by atoms with Crippen LogP contribution in [0.2, 0.25) is 0 Å². The molecule has 1 aromatic heterocycles. The van der Waals surface area contributed by atoms with E-state index in [-0.39, 0.29) is 18.1 Å². The van der Waals surface area contributed by atoms with Gasteiger partial charge in [0.05, 0.1) is 37.1 Å². The van der Waals surface area contributed by atoms with E-state index < -0.39 is 0 Å². The maximum Gasteiger partial charge on any atom is 0.254 e. The third kappa shape index (κ3) is 3.31. The van der Waals surface area contributed by atoms with Crippen LogP contribution in [0.1, 0.15) is 23.2 Å². The number of aliphatic hydroxyl groups excluding tert-OH is 1. The van der Waals surface area contributed by atoms with Gasteiger partial charge in [0.1, 0.15) is 0 Å². The van der Waals surface area contributed by atoms with Crippen LogP contribution in [0.3, 0.4) is 0 Å². The zero-order valence-electron chi connectivity index (χ0n) is 12.9. The number of likely N-dealkylation sites (tertiary alicyclic amines) is 1. The highest BCUT2D eigenvalue weighted by atomic mass is 16.5. The molecule has 0 spiro atoms. The fourth-order valence-electron chi connectivity index (χ4n) is 3.34. The van der Waals surface area contributed by atoms with E-state index in [4.69, 9.17) is 4.74 Å². The van der Waals surface area contributed by atoms with Crippen molar-refractivity contribution in [2.24, 2.45) is 5.92 Å². The van der Waals surface area contributed by atoms with Crippen molar-refractivity contribution in [2.45, 2.75) is 31.5 Å². The van der Waals surface area contributed by atoms with E-state index in [9.17, 15) is 9.90 Å². The number of ether oxygens (including phenoxy) is 1. The van der Waals surface area contributed by atoms with Crippen LogP contribution < -0.4 is 5.32 Å². The number of aromatic nitrogens is 2. The molecule has 2 aliphatic rings. The number of amides is 1. The first-order chi connectivity index (χ1) is 10.7. The van der Waals surface area contributed by atoms with Gasteiger partial charge < -0.3 is 15.2 Å². The molecule has 2 saturated heterocycles. The largest absolute Gasteiger partial charge is 0.389 e. The van der Waals surface area contributed by atoms with E-state index in [1.54, 1.807) is 19.4 Å². The summed E-state index contributed by atoms with van der Waals surface area (Å²) in [6.07, 6.45) is 5.23. The van der Waals surface area contributed by atoms with Gasteiger partial charge in [-0.3, -0.25) is 14.4 Å². The van der Waals surface area contributed by atoms with Gasteiger partial charge in [0.2, 0.25) is 0 Å². The van der Waals surface area contributed by atoms with Gasteiger partial charge in [-0.05, 0) is 31.8 Å². The molecule has 0 saturated carbocycles. The molecule has 2 N–H and O–H groups in total. The topological polar surface area (TPSA) is 79.6 Å². The summed E-state index contributed by atoms with van der Waals surface area (Å²) in [5.41, 5.74) is 0.603. The predicted molar refractivity (Wildman–Crippen MR) is 80.5 cm³/mol. The molecule has 0 aromatic carbocycles. The zero-order valence-corrected chi connectivity index (χ0v) is 12.9. The molecule has 7 heteroatoms. The van der Waals surface area contributed by atoms with Crippen LogP contribution in [-0.4, -0.2) is 71.2 Å². The third-order valence-electron chi connectivity index (χ3n) is 4.71. The third-order valence-corrected chi connectivity index (χ3v) is 4.71. The molecule has 0 radical (unpaired) electrons. The first-order valence-electron chi connectivity index (χ1n) is 7.91. The molecule has 3 heterocycles. The first-order valence-corrected chi connectivity index (χ1v) is 7.91. The number of piperidine rings is 1. The summed E-state index contributed by atoms with van der Waals surface area (Å²) >= 11 is 0. The zero-order chi connectivity index (χ0) is 15.5. The van der Waals surface area contributed by atoms with Crippen LogP contribution in [-0.2, 0) is 11.3 Å². The lowest BCUT2D eigenvalue weighted by atomic mass is 9.95. The average Bonchev–Trinajstić information content (AvgIpc) is 3.16. The molecule has 1 aromatic rings. The Hall–Kier alpha value is -1.44. The molecular formula is C15H24N4O3. The number of carbonyl (C=O) groups is 1. The van der Waals surface area contributed by atoms with Gasteiger partial charge in [-0.15, -0.1) is 0 Å². The van der Waals surface area contributed by atoms with Gasteiger partial charge >= 0.3 is 0 Å². The van der Waals surface area contributed by atoms with E-state index in [1.165, 1.54) is 0 Å². The molecule has 2 atom stereocenters. The second kappa shape index (κ2) is 6.76. The lowest BCUT2D eigenvalue weighted by Gasteiger charge is -2.36. The van der Waals surface area contributed by atoms with Crippen molar-refractivity contribution >= 4 is 5.91 Å². The van der Waals surface area contributed by atoms with Crippen molar-refractivity contribution < 1.29 is 14.6 Å². The summed E-state index contributed by atoms with van der Waals surface area (Å²) in [4.78, 5) is 13.9. The Morgan fingerprint density at radius 1 is 1.45 bits per heavy atom. The number of hydrogen-bond donors (Lipinski definition) is 2. The standard InChI is InChI=1S/C15H24N4O3/c1-16-15(21)12-6-17-19(8-12)7-11-2-4-18(5-3-11)13-9-22-10-14(13)20/h6,8,11,13-14,20H,2-5,7,9-10H2,1H3,(H,16,21)/t13-,14+/m1/s1. The quantitative estimate of drug-likeness (QED) is 0.799. The van der Waals surface area contributed by atoms with Crippen molar-refractivity contribution in [1.29, 1.82) is 0 Å². The molecule has 3 rings (SSSR count). The molecule has 122 valence electrons. The number of carbonyl (C=O) groups excluding carboxylic acids is 1. The fourth-order valence-corrected chi connectivity index (χ4v) is 3.34. The summed E-state index contributed by atoms with van der Waals surface area (Å²) in [7, 11) is 1.62. The van der Waals surface area contributed by atoms with Crippen LogP contribution in [0.25, 0.3) is 0 Å². The monoisotopic (exact) mass is 308 g/mol. The van der Waals surface area contributed by atoms with Crippen LogP contribution >= 0.6 is 0 Å². The van der Waals surface area contributed by atoms with E-state index in [1.807, 2.05) is 4.68 Å². The van der Waals surface area contributed by atoms with Crippen molar-refractivity contribution in [1.82, 2.24) is 20.0 Å². The van der Waals surface area contributed by atoms with Crippen molar-refractivity contribution in [2.75, 3.05) is 33.4 Å². The van der Waals surface area contributed by atoms with Gasteiger partial charge in [0, 0.05) is 19.8 Å². The highest BCUT2D eigenvalue weighted by Crippen LogP contribution is 2.23. The SMILES string of the molecule is CNC(=O)c1cnn(CC2CCN([C@@H]3COC[C@@H]3O)CC2)c1. The second-order valence-corrected chi connectivity index (χ2v) is 6.18. The van der Waals surface area contributed by atoms with Gasteiger partial charge in [-0.25, -0.2) is 0 Å². The van der Waals surface area contributed by atoms with Gasteiger partial charge in [0.15, 0.2) is 0 Å². The molecule has 1 amide bonds. The molecule has 0 aliphatic carbocycles. The molecule has 0 bridgehead atoms. The Balaban J connectivity index is 1.49. The van der Waals surface area contributed by atoms with Crippen LogP contribution in [0.4, 0.5) is 0 Å². The van der Waals surface area contributed by atoms with Crippen molar-refractivity contribution in [3.05, 3.63) is 18.0 Å². The summed E-state index contributed by atoms with van der Waals surface area (Å²) in [6.45, 7) is 3.91. The molecule has 2 fully saturated rings. The molecule has 2 aliphatic heterocycles. The summed E-state index contributed by atoms with van der Waals surface area (Å²) in [5.74, 6) is 0.462. The molecule has 22 heavy (non-hydrogen) atoms. The van der Waals surface area contributed by atoms with E-state index in [0.29, 0.717) is 24.7 Å². The molecular weight excluding hydrogens is 284 g/mol. The summed E-state index contributed by atoms with van der Waals surface area (Å²) < 4.78 is 7.20. The molecule has 0 unspecified atom stereocenters. The predicted octanol–water partition coefficient (Wildman–Crippen LogP) is -0.286. The van der Waals surface area contributed by atoms with Crippen LogP contribution in [0.5, 0.6) is 0 Å². The highest BCUT2D eigenvalue weighted by Gasteiger charge is 2.33. The Morgan fingerprint density at radius 3 is 2.86 bits per heavy atom. The summed E-state index contributed by atoms with van der Waals surface area (Å²) in [6, 6.07) is 0.158. The fraction of sp³-hybridized carbons (Fsp3) is 0.733. The van der Waals surface area contributed by atoms with Crippen LogP contribution in [0, 0.1) is 5.92 Å². The summed E-state index contributed by atoms with van der Waals surface area (Å²) in [5, 5.41) is 16.8. The normalized spacial score (nSPS) is 27.2. The minimum atomic E-state index is -0.349. The van der Waals surface area contributed by atoms with Gasteiger partial charge in [-0.1, -0.05) is 0 Å². The smallest absolute Gasteiger partial charge is 0.254 e. The first kappa shape index (κ1) is 15.5. The Kier molecular flexibility index (Phi) is 4.75. The van der Waals surface area contributed by atoms with Crippen LogP contribution in [0.15, 0.2) is 12.4 Å². The van der Waals surface area contributed by atoms with E-state index in [2.05, 4.69) is 15.3 Å². The Morgan fingerprint density at radius 2 is 2.23 bits per heavy atom. The number of hydrogen-bond acceptors (Lipinski definition) is 5. The number of nitrogens with one attached hydrogen (secondary N) is 1. The van der Waals surface area contributed by atoms with E-state index >= 15 is 0 Å². The minimum absolute atomic E-state index is 0.101. The second-order valence-electron chi connectivity index (χ2n) is 6.18. The van der Waals surface area contributed by atoms with Crippen molar-refractivity contribution in [3.63, 3.8) is 0 Å². The van der Waals surface area contributed by atoms with Gasteiger partial charge in [0.25, 0.3) is 5.91 Å². The maximum atomic E-state index is 11.5. The number of aliphatic hydroxyl groups is 1. The lowest BCUT2D eigenvalue weighted by Crippen LogP contribution is -2.47. The van der Waals surface area contributed by atoms with E-state index in [0.717, 1.165) is 32.5 Å². The van der Waals surface area contributed by atoms with Crippen molar-refractivity contribution in [3.8, 4) is 0 Å². The number of nitrogens with zero attached hydrogens (tertiary/aromatic N) is 3. The highest BCUT2D eigenvalue weighted by molar-refractivity contribution is 5.93. The Bertz CT molecular complexity index is 511. The van der Waals surface area contributed by atoms with Gasteiger partial charge in [-0.2, -0.15) is 5.10 Å². The molecule has 7 nitrogen and oxygen atoms in total. The Labute approximate surface area is 130 Å². The maximum absolute atomic E-state index is 11.5. The average molecular weight is 308 g/mol. The number of rotatable bonds is 4. The lowest BCUT2D eigenvalue weighted by molar-refractivity contribution is 0.0559. The minimum Gasteiger partial charge on any atom is -0.389 e.